The molecule has 4 nitrogen and oxygen atoms in total. The molecule has 1 heterocycles. The molecule has 1 aliphatic rings. The van der Waals surface area contributed by atoms with Gasteiger partial charge in [-0.1, -0.05) is 29.3 Å². The lowest BCUT2D eigenvalue weighted by Gasteiger charge is -2.34. The highest BCUT2D eigenvalue weighted by Crippen LogP contribution is 2.40. The first kappa shape index (κ1) is 18.3. The van der Waals surface area contributed by atoms with E-state index < -0.39 is 11.7 Å². The molecule has 0 amide bonds. The zero-order valence-electron chi connectivity index (χ0n) is 13.8. The monoisotopic (exact) mass is 379 g/mol. The Morgan fingerprint density at radius 3 is 2.88 bits per heavy atom. The standard InChI is InChI=1S/C19H19Cl2NO3/c1-11-9-12(20)10-15(21)13(11)4-5-17(24)19(25)7-6-16(23)18-14(19)3-2-8-22-18/h2-3,8-10,16,23,25H,4-7H2,1H3. The Hall–Kier alpha value is -1.46. The highest BCUT2D eigenvalue weighted by molar-refractivity contribution is 6.35. The zero-order valence-corrected chi connectivity index (χ0v) is 15.3. The lowest BCUT2D eigenvalue weighted by Crippen LogP contribution is -2.40. The highest BCUT2D eigenvalue weighted by Gasteiger charge is 2.43. The predicted molar refractivity (Wildman–Crippen MR) is 96.9 cm³/mol. The number of pyridine rings is 1. The molecule has 1 aromatic carbocycles. The number of aliphatic hydroxyl groups is 2. The van der Waals surface area contributed by atoms with Crippen molar-refractivity contribution in [2.45, 2.75) is 44.3 Å². The largest absolute Gasteiger partial charge is 0.387 e. The third-order valence-electron chi connectivity index (χ3n) is 4.83. The number of carbonyl (C=O) groups excluding carboxylic acids is 1. The predicted octanol–water partition coefficient (Wildman–Crippen LogP) is 3.91. The lowest BCUT2D eigenvalue weighted by atomic mass is 9.76. The van der Waals surface area contributed by atoms with Gasteiger partial charge in [-0.15, -0.1) is 0 Å². The van der Waals surface area contributed by atoms with Gasteiger partial charge in [0.15, 0.2) is 5.78 Å². The van der Waals surface area contributed by atoms with E-state index in [1.54, 1.807) is 30.5 Å². The molecular formula is C19H19Cl2NO3. The lowest BCUT2D eigenvalue weighted by molar-refractivity contribution is -0.141. The van der Waals surface area contributed by atoms with Crippen molar-refractivity contribution in [1.82, 2.24) is 4.98 Å². The average Bonchev–Trinajstić information content (AvgIpc) is 2.57. The minimum absolute atomic E-state index is 0.142. The molecule has 2 unspecified atom stereocenters. The van der Waals surface area contributed by atoms with Crippen LogP contribution in [0.1, 0.15) is 47.8 Å². The van der Waals surface area contributed by atoms with Gasteiger partial charge in [-0.05, 0) is 55.5 Å². The molecule has 6 heteroatoms. The van der Waals surface area contributed by atoms with Gasteiger partial charge in [-0.25, -0.2) is 0 Å². The molecule has 2 aromatic rings. The summed E-state index contributed by atoms with van der Waals surface area (Å²) in [6, 6.07) is 6.78. The van der Waals surface area contributed by atoms with Gasteiger partial charge in [-0.2, -0.15) is 0 Å². The van der Waals surface area contributed by atoms with Crippen LogP contribution in [0.4, 0.5) is 0 Å². The number of aryl methyl sites for hydroxylation is 1. The maximum Gasteiger partial charge on any atom is 0.169 e. The van der Waals surface area contributed by atoms with Crippen LogP contribution in [0.5, 0.6) is 0 Å². The number of benzene rings is 1. The van der Waals surface area contributed by atoms with Crippen LogP contribution < -0.4 is 0 Å². The molecule has 0 saturated carbocycles. The number of aromatic nitrogens is 1. The van der Waals surface area contributed by atoms with E-state index in [-0.39, 0.29) is 18.6 Å². The molecule has 1 aliphatic carbocycles. The van der Waals surface area contributed by atoms with Crippen molar-refractivity contribution < 1.29 is 15.0 Å². The summed E-state index contributed by atoms with van der Waals surface area (Å²) in [7, 11) is 0. The van der Waals surface area contributed by atoms with Crippen molar-refractivity contribution in [3.8, 4) is 0 Å². The number of hydrogen-bond acceptors (Lipinski definition) is 4. The molecule has 2 atom stereocenters. The molecule has 2 N–H and O–H groups in total. The smallest absolute Gasteiger partial charge is 0.169 e. The van der Waals surface area contributed by atoms with Crippen LogP contribution in [0.3, 0.4) is 0 Å². The second-order valence-electron chi connectivity index (χ2n) is 6.46. The summed E-state index contributed by atoms with van der Waals surface area (Å²) < 4.78 is 0. The number of halogens is 2. The number of ketones is 1. The second-order valence-corrected chi connectivity index (χ2v) is 7.30. The molecule has 25 heavy (non-hydrogen) atoms. The summed E-state index contributed by atoms with van der Waals surface area (Å²) in [5.41, 5.74) is 0.932. The van der Waals surface area contributed by atoms with E-state index in [1.807, 2.05) is 6.92 Å². The fourth-order valence-corrected chi connectivity index (χ4v) is 4.12. The van der Waals surface area contributed by atoms with E-state index in [2.05, 4.69) is 4.98 Å². The topological polar surface area (TPSA) is 70.4 Å². The number of fused-ring (bicyclic) bond motifs is 1. The summed E-state index contributed by atoms with van der Waals surface area (Å²) >= 11 is 12.2. The molecule has 1 aromatic heterocycles. The van der Waals surface area contributed by atoms with Crippen molar-refractivity contribution in [1.29, 1.82) is 0 Å². The molecule has 132 valence electrons. The number of aliphatic hydroxyl groups excluding tert-OH is 1. The summed E-state index contributed by atoms with van der Waals surface area (Å²) in [4.78, 5) is 17.0. The number of rotatable bonds is 4. The van der Waals surface area contributed by atoms with Crippen LogP contribution in [0.25, 0.3) is 0 Å². The van der Waals surface area contributed by atoms with Crippen molar-refractivity contribution in [3.05, 3.63) is 62.9 Å². The first-order valence-corrected chi connectivity index (χ1v) is 8.92. The van der Waals surface area contributed by atoms with Gasteiger partial charge in [-0.3, -0.25) is 9.78 Å². The van der Waals surface area contributed by atoms with E-state index in [4.69, 9.17) is 23.2 Å². The SMILES string of the molecule is Cc1cc(Cl)cc(Cl)c1CCC(=O)C1(O)CCC(O)c2ncccc21. The summed E-state index contributed by atoms with van der Waals surface area (Å²) in [5, 5.41) is 22.2. The fourth-order valence-electron chi connectivity index (χ4n) is 3.43. The molecule has 0 spiro atoms. The summed E-state index contributed by atoms with van der Waals surface area (Å²) in [6.07, 6.45) is 1.84. The third kappa shape index (κ3) is 3.44. The van der Waals surface area contributed by atoms with E-state index in [0.29, 0.717) is 34.1 Å². The number of Topliss-reactive ketones (excluding diaryl/α,β-unsaturated/α-hetero) is 1. The third-order valence-corrected chi connectivity index (χ3v) is 5.38. The minimum atomic E-state index is -1.62. The first-order valence-electron chi connectivity index (χ1n) is 8.16. The summed E-state index contributed by atoms with van der Waals surface area (Å²) in [5.74, 6) is -0.293. The van der Waals surface area contributed by atoms with Gasteiger partial charge < -0.3 is 10.2 Å². The maximum atomic E-state index is 12.8. The Bertz CT molecular complexity index is 801. The number of carbonyl (C=O) groups is 1. The van der Waals surface area contributed by atoms with E-state index in [0.717, 1.165) is 11.1 Å². The molecule has 0 saturated heterocycles. The second kappa shape index (κ2) is 7.04. The van der Waals surface area contributed by atoms with E-state index >= 15 is 0 Å². The van der Waals surface area contributed by atoms with Crippen LogP contribution in [0.15, 0.2) is 30.5 Å². The van der Waals surface area contributed by atoms with Crippen molar-refractivity contribution in [3.63, 3.8) is 0 Å². The zero-order chi connectivity index (χ0) is 18.2. The van der Waals surface area contributed by atoms with Crippen LogP contribution >= 0.6 is 23.2 Å². The molecule has 0 aliphatic heterocycles. The van der Waals surface area contributed by atoms with Crippen molar-refractivity contribution in [2.75, 3.05) is 0 Å². The van der Waals surface area contributed by atoms with Gasteiger partial charge in [0.05, 0.1) is 11.8 Å². The molecule has 0 fully saturated rings. The van der Waals surface area contributed by atoms with Crippen LogP contribution in [-0.4, -0.2) is 21.0 Å². The number of hydrogen-bond donors (Lipinski definition) is 2. The van der Waals surface area contributed by atoms with Crippen LogP contribution in [0.2, 0.25) is 10.0 Å². The highest BCUT2D eigenvalue weighted by atomic mass is 35.5. The van der Waals surface area contributed by atoms with Crippen LogP contribution in [0, 0.1) is 6.92 Å². The van der Waals surface area contributed by atoms with Gasteiger partial charge in [0.25, 0.3) is 0 Å². The minimum Gasteiger partial charge on any atom is -0.387 e. The van der Waals surface area contributed by atoms with Gasteiger partial charge in [0.2, 0.25) is 0 Å². The molecule has 0 radical (unpaired) electrons. The summed E-state index contributed by atoms with van der Waals surface area (Å²) in [6.45, 7) is 1.89. The Morgan fingerprint density at radius 2 is 2.16 bits per heavy atom. The van der Waals surface area contributed by atoms with E-state index in [9.17, 15) is 15.0 Å². The Kier molecular flexibility index (Phi) is 5.16. The van der Waals surface area contributed by atoms with Crippen LogP contribution in [-0.2, 0) is 16.8 Å². The molecular weight excluding hydrogens is 361 g/mol. The Balaban J connectivity index is 1.84. The van der Waals surface area contributed by atoms with E-state index in [1.165, 1.54) is 0 Å². The quantitative estimate of drug-likeness (QED) is 0.844. The number of nitrogens with zero attached hydrogens (tertiary/aromatic N) is 1. The van der Waals surface area contributed by atoms with Crippen molar-refractivity contribution >= 4 is 29.0 Å². The van der Waals surface area contributed by atoms with Gasteiger partial charge in [0, 0.05) is 28.2 Å². The van der Waals surface area contributed by atoms with Crippen molar-refractivity contribution in [2.24, 2.45) is 0 Å². The first-order chi connectivity index (χ1) is 11.8. The molecule has 0 bridgehead atoms. The Labute approximate surface area is 156 Å². The average molecular weight is 380 g/mol. The molecule has 3 rings (SSSR count). The normalized spacial score (nSPS) is 22.5. The maximum absolute atomic E-state index is 12.8. The van der Waals surface area contributed by atoms with Gasteiger partial charge >= 0.3 is 0 Å². The Morgan fingerprint density at radius 1 is 1.40 bits per heavy atom. The van der Waals surface area contributed by atoms with Gasteiger partial charge in [0.1, 0.15) is 5.60 Å². The fraction of sp³-hybridized carbons (Fsp3) is 0.368.